The molecule has 7 nitrogen and oxygen atoms in total. The van der Waals surface area contributed by atoms with Gasteiger partial charge in [-0.25, -0.2) is 0 Å². The lowest BCUT2D eigenvalue weighted by Gasteiger charge is -2.12. The summed E-state index contributed by atoms with van der Waals surface area (Å²) in [6.07, 6.45) is 1.94. The lowest BCUT2D eigenvalue weighted by molar-refractivity contribution is -0.113. The summed E-state index contributed by atoms with van der Waals surface area (Å²) < 4.78 is 2.00. The maximum atomic E-state index is 12.6. The number of nitriles is 1. The van der Waals surface area contributed by atoms with E-state index in [-0.39, 0.29) is 11.7 Å². The van der Waals surface area contributed by atoms with E-state index in [4.69, 9.17) is 5.26 Å². The van der Waals surface area contributed by atoms with Gasteiger partial charge in [-0.05, 0) is 42.8 Å². The Bertz CT molecular complexity index is 1540. The molecule has 0 fully saturated rings. The van der Waals surface area contributed by atoms with Crippen LogP contribution in [0.15, 0.2) is 84.1 Å². The average molecular weight is 465 g/mol. The number of nitrogens with one attached hydrogen (secondary N) is 2. The third kappa shape index (κ3) is 4.17. The number of benzene rings is 3. The van der Waals surface area contributed by atoms with Crippen molar-refractivity contribution in [1.82, 2.24) is 19.7 Å². The van der Waals surface area contributed by atoms with Gasteiger partial charge in [0, 0.05) is 28.4 Å². The van der Waals surface area contributed by atoms with Crippen molar-refractivity contribution < 1.29 is 4.79 Å². The molecule has 34 heavy (non-hydrogen) atoms. The fraction of sp³-hybridized carbons (Fsp3) is 0.0769. The van der Waals surface area contributed by atoms with E-state index in [2.05, 4.69) is 26.6 Å². The van der Waals surface area contributed by atoms with Gasteiger partial charge in [0.1, 0.15) is 0 Å². The van der Waals surface area contributed by atoms with Gasteiger partial charge in [0.2, 0.25) is 5.91 Å². The number of hydrogen-bond acceptors (Lipinski definition) is 5. The number of rotatable bonds is 6. The molecule has 5 rings (SSSR count). The Balaban J connectivity index is 1.47. The second-order valence-electron chi connectivity index (χ2n) is 7.71. The van der Waals surface area contributed by atoms with Crippen LogP contribution in [0.25, 0.3) is 28.0 Å². The molecule has 5 aromatic rings. The molecule has 1 amide bonds. The monoisotopic (exact) mass is 464 g/mol. The molecule has 0 aliphatic rings. The summed E-state index contributed by atoms with van der Waals surface area (Å²) in [5, 5.41) is 22.5. The standard InChI is InChI=1S/C26H20N6OS/c1-17-7-2-5-12-23(17)32-25(21-15-28-22-11-4-3-10-20(21)22)30-31-26(32)34-16-24(33)29-19-9-6-8-18(13-19)14-27/h2-13,15,28H,16H2,1H3,(H,29,33). The Kier molecular flexibility index (Phi) is 5.85. The van der Waals surface area contributed by atoms with Crippen LogP contribution >= 0.6 is 11.8 Å². The molecule has 2 heterocycles. The van der Waals surface area contributed by atoms with Crippen LogP contribution in [0.3, 0.4) is 0 Å². The minimum atomic E-state index is -0.187. The number of anilines is 1. The van der Waals surface area contributed by atoms with E-state index in [1.165, 1.54) is 11.8 Å². The topological polar surface area (TPSA) is 99.4 Å². The first-order chi connectivity index (χ1) is 16.6. The van der Waals surface area contributed by atoms with Crippen LogP contribution in [0.4, 0.5) is 5.69 Å². The Labute approximate surface area is 200 Å². The SMILES string of the molecule is Cc1ccccc1-n1c(SCC(=O)Nc2cccc(C#N)c2)nnc1-c1c[nH]c2ccccc12. The van der Waals surface area contributed by atoms with Gasteiger partial charge in [0.15, 0.2) is 11.0 Å². The molecule has 0 unspecified atom stereocenters. The average Bonchev–Trinajstić information content (AvgIpc) is 3.47. The highest BCUT2D eigenvalue weighted by atomic mass is 32.2. The number of aromatic nitrogens is 4. The predicted molar refractivity (Wildman–Crippen MR) is 134 cm³/mol. The molecular weight excluding hydrogens is 444 g/mol. The Morgan fingerprint density at radius 1 is 1.09 bits per heavy atom. The second kappa shape index (κ2) is 9.25. The number of aryl methyl sites for hydroxylation is 1. The van der Waals surface area contributed by atoms with E-state index in [0.29, 0.717) is 22.2 Å². The summed E-state index contributed by atoms with van der Waals surface area (Å²) in [6.45, 7) is 2.04. The highest BCUT2D eigenvalue weighted by Crippen LogP contribution is 2.33. The summed E-state index contributed by atoms with van der Waals surface area (Å²) in [5.74, 6) is 0.666. The molecule has 0 spiro atoms. The summed E-state index contributed by atoms with van der Waals surface area (Å²) in [5.41, 5.74) is 5.07. The van der Waals surface area contributed by atoms with Gasteiger partial charge >= 0.3 is 0 Å². The smallest absolute Gasteiger partial charge is 0.234 e. The zero-order chi connectivity index (χ0) is 23.5. The van der Waals surface area contributed by atoms with Gasteiger partial charge in [-0.2, -0.15) is 5.26 Å². The molecule has 0 saturated carbocycles. The number of carbonyl (C=O) groups is 1. The first-order valence-electron chi connectivity index (χ1n) is 10.6. The third-order valence-corrected chi connectivity index (χ3v) is 6.36. The number of nitrogens with zero attached hydrogens (tertiary/aromatic N) is 4. The zero-order valence-corrected chi connectivity index (χ0v) is 19.1. The van der Waals surface area contributed by atoms with Gasteiger partial charge in [0.05, 0.1) is 23.1 Å². The van der Waals surface area contributed by atoms with Gasteiger partial charge in [-0.15, -0.1) is 10.2 Å². The number of H-pyrrole nitrogens is 1. The van der Waals surface area contributed by atoms with Crippen molar-refractivity contribution in [3.05, 3.63) is 90.1 Å². The van der Waals surface area contributed by atoms with Crippen LogP contribution in [-0.2, 0) is 4.79 Å². The molecule has 2 N–H and O–H groups in total. The molecule has 0 bridgehead atoms. The van der Waals surface area contributed by atoms with Crippen molar-refractivity contribution in [2.45, 2.75) is 12.1 Å². The molecule has 0 saturated heterocycles. The lowest BCUT2D eigenvalue weighted by Crippen LogP contribution is -2.14. The van der Waals surface area contributed by atoms with E-state index in [0.717, 1.165) is 27.7 Å². The summed E-state index contributed by atoms with van der Waals surface area (Å²) in [4.78, 5) is 15.9. The first kappa shape index (κ1) is 21.5. The molecule has 0 aliphatic heterocycles. The van der Waals surface area contributed by atoms with Crippen LogP contribution in [0, 0.1) is 18.3 Å². The Hall–Kier alpha value is -4.35. The predicted octanol–water partition coefficient (Wildman–Crippen LogP) is 5.33. The molecule has 8 heteroatoms. The highest BCUT2D eigenvalue weighted by Gasteiger charge is 2.20. The summed E-state index contributed by atoms with van der Waals surface area (Å²) in [7, 11) is 0. The Morgan fingerprint density at radius 3 is 2.76 bits per heavy atom. The third-order valence-electron chi connectivity index (χ3n) is 5.43. The molecule has 0 aliphatic carbocycles. The Morgan fingerprint density at radius 2 is 1.91 bits per heavy atom. The number of thioether (sulfide) groups is 1. The number of aromatic amines is 1. The van der Waals surface area contributed by atoms with Gasteiger partial charge < -0.3 is 10.3 Å². The van der Waals surface area contributed by atoms with E-state index in [1.54, 1.807) is 24.3 Å². The number of hydrogen-bond donors (Lipinski definition) is 2. The van der Waals surface area contributed by atoms with Crippen molar-refractivity contribution in [2.24, 2.45) is 0 Å². The maximum absolute atomic E-state index is 12.6. The van der Waals surface area contributed by atoms with E-state index >= 15 is 0 Å². The number of carbonyl (C=O) groups excluding carboxylic acids is 1. The molecule has 166 valence electrons. The normalized spacial score (nSPS) is 10.8. The van der Waals surface area contributed by atoms with Crippen molar-refractivity contribution >= 4 is 34.3 Å². The van der Waals surface area contributed by atoms with E-state index in [9.17, 15) is 4.79 Å². The summed E-state index contributed by atoms with van der Waals surface area (Å²) in [6, 6.07) is 25.0. The van der Waals surface area contributed by atoms with E-state index < -0.39 is 0 Å². The fourth-order valence-corrected chi connectivity index (χ4v) is 4.56. The minimum absolute atomic E-state index is 0.148. The highest BCUT2D eigenvalue weighted by molar-refractivity contribution is 7.99. The van der Waals surface area contributed by atoms with Crippen LogP contribution in [0.1, 0.15) is 11.1 Å². The van der Waals surface area contributed by atoms with Crippen LogP contribution in [0.5, 0.6) is 0 Å². The minimum Gasteiger partial charge on any atom is -0.360 e. The first-order valence-corrected chi connectivity index (χ1v) is 11.6. The van der Waals surface area contributed by atoms with Crippen LogP contribution in [-0.4, -0.2) is 31.4 Å². The van der Waals surface area contributed by atoms with Crippen molar-refractivity contribution in [3.63, 3.8) is 0 Å². The molecule has 2 aromatic heterocycles. The molecule has 0 atom stereocenters. The number of para-hydroxylation sites is 2. The van der Waals surface area contributed by atoms with E-state index in [1.807, 2.05) is 66.2 Å². The van der Waals surface area contributed by atoms with Gasteiger partial charge in [-0.1, -0.05) is 54.2 Å². The van der Waals surface area contributed by atoms with Crippen LogP contribution in [0.2, 0.25) is 0 Å². The zero-order valence-electron chi connectivity index (χ0n) is 18.3. The second-order valence-corrected chi connectivity index (χ2v) is 8.65. The number of amides is 1. The summed E-state index contributed by atoms with van der Waals surface area (Å²) >= 11 is 1.31. The van der Waals surface area contributed by atoms with Crippen LogP contribution < -0.4 is 5.32 Å². The largest absolute Gasteiger partial charge is 0.360 e. The van der Waals surface area contributed by atoms with Gasteiger partial charge in [-0.3, -0.25) is 9.36 Å². The van der Waals surface area contributed by atoms with Crippen molar-refractivity contribution in [3.8, 4) is 23.1 Å². The molecule has 3 aromatic carbocycles. The maximum Gasteiger partial charge on any atom is 0.234 e. The fourth-order valence-electron chi connectivity index (χ4n) is 3.82. The lowest BCUT2D eigenvalue weighted by atomic mass is 10.1. The molecular formula is C26H20N6OS. The quantitative estimate of drug-likeness (QED) is 0.331. The number of fused-ring (bicyclic) bond motifs is 1. The molecule has 0 radical (unpaired) electrons. The van der Waals surface area contributed by atoms with Gasteiger partial charge in [0.25, 0.3) is 0 Å². The van der Waals surface area contributed by atoms with Crippen molar-refractivity contribution in [2.75, 3.05) is 11.1 Å². The van der Waals surface area contributed by atoms with Crippen molar-refractivity contribution in [1.29, 1.82) is 5.26 Å².